The smallest absolute Gasteiger partial charge is 0.151 e. The van der Waals surface area contributed by atoms with Crippen LogP contribution in [0.1, 0.15) is 19.3 Å². The normalized spacial score (nSPS) is 29.5. The second-order valence-corrected chi connectivity index (χ2v) is 6.97. The van der Waals surface area contributed by atoms with E-state index in [0.29, 0.717) is 18.5 Å². The van der Waals surface area contributed by atoms with Gasteiger partial charge >= 0.3 is 0 Å². The summed E-state index contributed by atoms with van der Waals surface area (Å²) in [7, 11) is -2.77. The van der Waals surface area contributed by atoms with Crippen molar-refractivity contribution in [2.45, 2.75) is 31.4 Å². The number of sulfone groups is 1. The molecule has 100 valence electrons. The van der Waals surface area contributed by atoms with Crippen molar-refractivity contribution in [1.29, 1.82) is 0 Å². The summed E-state index contributed by atoms with van der Waals surface area (Å²) in [6.45, 7) is 2.97. The van der Waals surface area contributed by atoms with Crippen molar-refractivity contribution in [3.63, 3.8) is 0 Å². The second kappa shape index (κ2) is 6.13. The molecule has 0 radical (unpaired) electrons. The molecule has 0 spiro atoms. The first-order valence-electron chi connectivity index (χ1n) is 6.29. The first kappa shape index (κ1) is 13.3. The van der Waals surface area contributed by atoms with Gasteiger partial charge < -0.3 is 14.8 Å². The van der Waals surface area contributed by atoms with Gasteiger partial charge in [-0.25, -0.2) is 8.42 Å². The van der Waals surface area contributed by atoms with E-state index in [0.717, 1.165) is 39.0 Å². The lowest BCUT2D eigenvalue weighted by Crippen LogP contribution is -2.34. The van der Waals surface area contributed by atoms with Crippen LogP contribution in [-0.2, 0) is 19.3 Å². The zero-order valence-corrected chi connectivity index (χ0v) is 10.9. The lowest BCUT2D eigenvalue weighted by atomic mass is 10.1. The van der Waals surface area contributed by atoms with E-state index >= 15 is 0 Å². The maximum atomic E-state index is 11.2. The summed E-state index contributed by atoms with van der Waals surface area (Å²) in [4.78, 5) is 0. The highest BCUT2D eigenvalue weighted by Crippen LogP contribution is 2.12. The molecule has 2 aliphatic heterocycles. The van der Waals surface area contributed by atoms with E-state index in [1.165, 1.54) is 0 Å². The number of hydrogen-bond acceptors (Lipinski definition) is 5. The predicted octanol–water partition coefficient (Wildman–Crippen LogP) is -0.0413. The molecule has 0 aromatic carbocycles. The SMILES string of the molecule is O=S1(=O)CCC(NCCOC2CCOCC2)C1. The molecule has 0 bridgehead atoms. The minimum atomic E-state index is -2.77. The van der Waals surface area contributed by atoms with Crippen LogP contribution in [0.3, 0.4) is 0 Å². The fraction of sp³-hybridized carbons (Fsp3) is 1.00. The number of nitrogens with one attached hydrogen (secondary N) is 1. The van der Waals surface area contributed by atoms with E-state index in [1.807, 2.05) is 0 Å². The monoisotopic (exact) mass is 263 g/mol. The van der Waals surface area contributed by atoms with E-state index in [-0.39, 0.29) is 11.8 Å². The van der Waals surface area contributed by atoms with Crippen molar-refractivity contribution in [1.82, 2.24) is 5.32 Å². The zero-order chi connectivity index (χ0) is 12.1. The molecule has 2 rings (SSSR count). The van der Waals surface area contributed by atoms with Crippen molar-refractivity contribution in [3.8, 4) is 0 Å². The molecule has 0 aliphatic carbocycles. The molecule has 0 amide bonds. The first-order chi connectivity index (χ1) is 8.16. The van der Waals surface area contributed by atoms with Gasteiger partial charge in [-0.15, -0.1) is 0 Å². The maximum absolute atomic E-state index is 11.2. The summed E-state index contributed by atoms with van der Waals surface area (Å²) < 4.78 is 33.4. The standard InChI is InChI=1S/C11H21NO4S/c13-17(14)8-3-10(9-17)12-4-7-16-11-1-5-15-6-2-11/h10-12H,1-9H2. The third kappa shape index (κ3) is 4.54. The van der Waals surface area contributed by atoms with Crippen molar-refractivity contribution in [2.24, 2.45) is 0 Å². The molecule has 6 heteroatoms. The molecule has 2 aliphatic rings. The van der Waals surface area contributed by atoms with E-state index < -0.39 is 9.84 Å². The predicted molar refractivity (Wildman–Crippen MR) is 64.9 cm³/mol. The first-order valence-corrected chi connectivity index (χ1v) is 8.11. The van der Waals surface area contributed by atoms with E-state index in [2.05, 4.69) is 5.32 Å². The summed E-state index contributed by atoms with van der Waals surface area (Å²) in [5, 5.41) is 3.24. The summed E-state index contributed by atoms with van der Waals surface area (Å²) in [6, 6.07) is 0.123. The van der Waals surface area contributed by atoms with Crippen LogP contribution in [-0.4, -0.2) is 58.4 Å². The molecule has 1 atom stereocenters. The Balaban J connectivity index is 1.54. The summed E-state index contributed by atoms with van der Waals surface area (Å²) in [6.07, 6.45) is 2.99. The van der Waals surface area contributed by atoms with E-state index in [9.17, 15) is 8.42 Å². The molecular formula is C11H21NO4S. The Morgan fingerprint density at radius 2 is 2.00 bits per heavy atom. The largest absolute Gasteiger partial charge is 0.381 e. The fourth-order valence-electron chi connectivity index (χ4n) is 2.29. The maximum Gasteiger partial charge on any atom is 0.151 e. The summed E-state index contributed by atoms with van der Waals surface area (Å²) in [5.41, 5.74) is 0. The van der Waals surface area contributed by atoms with Crippen LogP contribution in [0, 0.1) is 0 Å². The summed E-state index contributed by atoms with van der Waals surface area (Å²) in [5.74, 6) is 0.607. The van der Waals surface area contributed by atoms with Crippen LogP contribution >= 0.6 is 0 Å². The molecule has 0 saturated carbocycles. The van der Waals surface area contributed by atoms with Crippen LogP contribution in [0.2, 0.25) is 0 Å². The molecule has 0 aromatic rings. The highest BCUT2D eigenvalue weighted by molar-refractivity contribution is 7.91. The Kier molecular flexibility index (Phi) is 4.78. The molecule has 2 saturated heterocycles. The molecular weight excluding hydrogens is 242 g/mol. The van der Waals surface area contributed by atoms with Gasteiger partial charge in [0.1, 0.15) is 0 Å². The highest BCUT2D eigenvalue weighted by Gasteiger charge is 2.27. The van der Waals surface area contributed by atoms with Gasteiger partial charge in [-0.05, 0) is 19.3 Å². The van der Waals surface area contributed by atoms with Crippen LogP contribution in [0.15, 0.2) is 0 Å². The van der Waals surface area contributed by atoms with Crippen LogP contribution < -0.4 is 5.32 Å². The molecule has 2 heterocycles. The average molecular weight is 263 g/mol. The Labute approximate surface area is 103 Å². The van der Waals surface area contributed by atoms with Gasteiger partial charge in [0.25, 0.3) is 0 Å². The van der Waals surface area contributed by atoms with E-state index in [1.54, 1.807) is 0 Å². The minimum Gasteiger partial charge on any atom is -0.381 e. The third-order valence-electron chi connectivity index (χ3n) is 3.29. The topological polar surface area (TPSA) is 64.6 Å². The molecule has 2 fully saturated rings. The van der Waals surface area contributed by atoms with Gasteiger partial charge in [-0.2, -0.15) is 0 Å². The Morgan fingerprint density at radius 3 is 2.65 bits per heavy atom. The van der Waals surface area contributed by atoms with Gasteiger partial charge in [-0.3, -0.25) is 0 Å². The lowest BCUT2D eigenvalue weighted by Gasteiger charge is -2.22. The van der Waals surface area contributed by atoms with Gasteiger partial charge in [0.2, 0.25) is 0 Å². The highest BCUT2D eigenvalue weighted by atomic mass is 32.2. The van der Waals surface area contributed by atoms with Crippen molar-refractivity contribution < 1.29 is 17.9 Å². The molecule has 17 heavy (non-hydrogen) atoms. The molecule has 0 aromatic heterocycles. The fourth-order valence-corrected chi connectivity index (χ4v) is 4.00. The number of rotatable bonds is 5. The molecule has 1 N–H and O–H groups in total. The van der Waals surface area contributed by atoms with Crippen molar-refractivity contribution in [2.75, 3.05) is 37.9 Å². The van der Waals surface area contributed by atoms with Gasteiger partial charge in [0.15, 0.2) is 9.84 Å². The molecule has 1 unspecified atom stereocenters. The average Bonchev–Trinajstić information content (AvgIpc) is 2.66. The number of hydrogen-bond donors (Lipinski definition) is 1. The van der Waals surface area contributed by atoms with Crippen LogP contribution in [0.25, 0.3) is 0 Å². The summed E-state index contributed by atoms with van der Waals surface area (Å²) >= 11 is 0. The minimum absolute atomic E-state index is 0.123. The third-order valence-corrected chi connectivity index (χ3v) is 5.06. The zero-order valence-electron chi connectivity index (χ0n) is 10.1. The quantitative estimate of drug-likeness (QED) is 0.705. The Morgan fingerprint density at radius 1 is 1.24 bits per heavy atom. The van der Waals surface area contributed by atoms with E-state index in [4.69, 9.17) is 9.47 Å². The van der Waals surface area contributed by atoms with Crippen molar-refractivity contribution in [3.05, 3.63) is 0 Å². The van der Waals surface area contributed by atoms with Gasteiger partial charge in [0.05, 0.1) is 24.2 Å². The second-order valence-electron chi connectivity index (χ2n) is 4.74. The number of ether oxygens (including phenoxy) is 2. The molecule has 5 nitrogen and oxygen atoms in total. The lowest BCUT2D eigenvalue weighted by molar-refractivity contribution is -0.0308. The van der Waals surface area contributed by atoms with Crippen molar-refractivity contribution >= 4 is 9.84 Å². The van der Waals surface area contributed by atoms with Crippen LogP contribution in [0.5, 0.6) is 0 Å². The van der Waals surface area contributed by atoms with Gasteiger partial charge in [0, 0.05) is 25.8 Å². The Bertz CT molecular complexity index is 324. The van der Waals surface area contributed by atoms with Crippen LogP contribution in [0.4, 0.5) is 0 Å². The Hall–Kier alpha value is -0.170. The van der Waals surface area contributed by atoms with Gasteiger partial charge in [-0.1, -0.05) is 0 Å².